The van der Waals surface area contributed by atoms with Crippen LogP contribution in [0.15, 0.2) is 17.5 Å². The molecule has 3 nitrogen and oxygen atoms in total. The Morgan fingerprint density at radius 3 is 2.40 bits per heavy atom. The van der Waals surface area contributed by atoms with Crippen LogP contribution in [0.4, 0.5) is 0 Å². The van der Waals surface area contributed by atoms with Crippen molar-refractivity contribution in [3.63, 3.8) is 0 Å². The van der Waals surface area contributed by atoms with Gasteiger partial charge in [-0.3, -0.25) is 4.79 Å². The first-order valence-electron chi connectivity index (χ1n) is 6.69. The number of hydrogen-bond acceptors (Lipinski definition) is 4. The zero-order valence-corrected chi connectivity index (χ0v) is 13.2. The lowest BCUT2D eigenvalue weighted by molar-refractivity contribution is 0.0988. The number of benzene rings is 1. The number of thiazole rings is 1. The van der Waals surface area contributed by atoms with Crippen LogP contribution in [0.5, 0.6) is 0 Å². The van der Waals surface area contributed by atoms with Crippen LogP contribution in [0.25, 0.3) is 0 Å². The number of nitrogens with two attached hydrogens (primary N) is 1. The molecule has 106 valence electrons. The summed E-state index contributed by atoms with van der Waals surface area (Å²) < 4.78 is 0. The molecule has 1 aromatic heterocycles. The van der Waals surface area contributed by atoms with Gasteiger partial charge in [-0.1, -0.05) is 17.7 Å². The number of carbonyl (C=O) groups is 1. The first kappa shape index (κ1) is 14.9. The Balaban J connectivity index is 2.23. The van der Waals surface area contributed by atoms with E-state index < -0.39 is 0 Å². The van der Waals surface area contributed by atoms with Gasteiger partial charge in [0, 0.05) is 11.8 Å². The Hall–Kier alpha value is -1.52. The van der Waals surface area contributed by atoms with E-state index in [0.717, 1.165) is 10.6 Å². The Morgan fingerprint density at radius 1 is 1.30 bits per heavy atom. The Morgan fingerprint density at radius 2 is 1.90 bits per heavy atom. The average molecular weight is 288 g/mol. The first-order chi connectivity index (χ1) is 9.38. The van der Waals surface area contributed by atoms with Crippen molar-refractivity contribution in [2.45, 2.75) is 40.2 Å². The summed E-state index contributed by atoms with van der Waals surface area (Å²) in [7, 11) is 0. The summed E-state index contributed by atoms with van der Waals surface area (Å²) in [5.74, 6) is 0.0585. The highest BCUT2D eigenvalue weighted by Gasteiger charge is 2.15. The van der Waals surface area contributed by atoms with Gasteiger partial charge in [0.05, 0.1) is 6.04 Å². The van der Waals surface area contributed by atoms with Gasteiger partial charge in [0.25, 0.3) is 0 Å². The van der Waals surface area contributed by atoms with Crippen molar-refractivity contribution in [3.05, 3.63) is 50.5 Å². The van der Waals surface area contributed by atoms with E-state index >= 15 is 0 Å². The summed E-state index contributed by atoms with van der Waals surface area (Å²) in [5, 5.41) is 2.62. The molecule has 1 heterocycles. The van der Waals surface area contributed by atoms with Crippen LogP contribution in [-0.4, -0.2) is 10.8 Å². The minimum absolute atomic E-state index is 0.0585. The lowest BCUT2D eigenvalue weighted by Gasteiger charge is -2.10. The molecule has 1 aromatic carbocycles. The van der Waals surface area contributed by atoms with Crippen molar-refractivity contribution >= 4 is 17.1 Å². The van der Waals surface area contributed by atoms with Crippen molar-refractivity contribution < 1.29 is 4.79 Å². The molecule has 0 aliphatic heterocycles. The molecule has 0 spiro atoms. The highest BCUT2D eigenvalue weighted by atomic mass is 32.1. The van der Waals surface area contributed by atoms with Gasteiger partial charge in [0.15, 0.2) is 5.78 Å². The van der Waals surface area contributed by atoms with Crippen molar-refractivity contribution in [2.75, 3.05) is 0 Å². The molecule has 2 rings (SSSR count). The number of aryl methyl sites for hydroxylation is 3. The van der Waals surface area contributed by atoms with Crippen LogP contribution in [0.1, 0.15) is 50.7 Å². The zero-order valence-electron chi connectivity index (χ0n) is 12.4. The third kappa shape index (κ3) is 3.14. The van der Waals surface area contributed by atoms with E-state index in [9.17, 15) is 4.79 Å². The van der Waals surface area contributed by atoms with E-state index in [1.54, 1.807) is 5.38 Å². The highest BCUT2D eigenvalue weighted by molar-refractivity contribution is 7.09. The third-order valence-electron chi connectivity index (χ3n) is 3.37. The molecule has 20 heavy (non-hydrogen) atoms. The molecule has 4 heteroatoms. The standard InChI is InChI=1S/C16H20N2OS/c1-9-5-10(2)13(11(3)6-9)7-15(19)14-8-20-16(18-14)12(4)17/h5-6,8,12H,7,17H2,1-4H3. The monoisotopic (exact) mass is 288 g/mol. The van der Waals surface area contributed by atoms with Crippen molar-refractivity contribution in [3.8, 4) is 0 Å². The normalized spacial score (nSPS) is 12.4. The minimum Gasteiger partial charge on any atom is -0.322 e. The van der Waals surface area contributed by atoms with Gasteiger partial charge in [0.1, 0.15) is 10.7 Å². The summed E-state index contributed by atoms with van der Waals surface area (Å²) in [5.41, 5.74) is 11.0. The van der Waals surface area contributed by atoms with Crippen molar-refractivity contribution in [1.29, 1.82) is 0 Å². The summed E-state index contributed by atoms with van der Waals surface area (Å²) in [6.07, 6.45) is 0.403. The van der Waals surface area contributed by atoms with Gasteiger partial charge in [0.2, 0.25) is 0 Å². The maximum Gasteiger partial charge on any atom is 0.186 e. The largest absolute Gasteiger partial charge is 0.322 e. The molecule has 0 aliphatic carbocycles. The van der Waals surface area contributed by atoms with Crippen LogP contribution >= 0.6 is 11.3 Å². The van der Waals surface area contributed by atoms with Gasteiger partial charge in [-0.15, -0.1) is 11.3 Å². The molecule has 0 amide bonds. The van der Waals surface area contributed by atoms with Gasteiger partial charge >= 0.3 is 0 Å². The van der Waals surface area contributed by atoms with Crippen LogP contribution in [0.2, 0.25) is 0 Å². The van der Waals surface area contributed by atoms with Gasteiger partial charge in [-0.05, 0) is 44.4 Å². The molecule has 2 N–H and O–H groups in total. The lowest BCUT2D eigenvalue weighted by Crippen LogP contribution is -2.09. The minimum atomic E-state index is -0.121. The Kier molecular flexibility index (Phi) is 4.35. The fraction of sp³-hybridized carbons (Fsp3) is 0.375. The number of carbonyl (C=O) groups excluding carboxylic acids is 1. The van der Waals surface area contributed by atoms with E-state index in [1.165, 1.54) is 28.0 Å². The van der Waals surface area contributed by atoms with Gasteiger partial charge in [-0.25, -0.2) is 4.98 Å². The molecule has 0 bridgehead atoms. The highest BCUT2D eigenvalue weighted by Crippen LogP contribution is 2.21. The van der Waals surface area contributed by atoms with Crippen LogP contribution in [0.3, 0.4) is 0 Å². The molecule has 0 saturated heterocycles. The number of nitrogens with zero attached hydrogens (tertiary/aromatic N) is 1. The predicted octanol–water partition coefficient (Wildman–Crippen LogP) is 3.51. The molecule has 2 aromatic rings. The Bertz CT molecular complexity index is 621. The maximum absolute atomic E-state index is 12.3. The SMILES string of the molecule is Cc1cc(C)c(CC(=O)c2csc(C(C)N)n2)c(C)c1. The van der Waals surface area contributed by atoms with E-state index in [4.69, 9.17) is 5.73 Å². The molecule has 0 radical (unpaired) electrons. The number of ketones is 1. The summed E-state index contributed by atoms with van der Waals surface area (Å²) in [6, 6.07) is 4.11. The summed E-state index contributed by atoms with van der Waals surface area (Å²) in [6.45, 7) is 8.05. The van der Waals surface area contributed by atoms with Gasteiger partial charge in [-0.2, -0.15) is 0 Å². The fourth-order valence-corrected chi connectivity index (χ4v) is 3.15. The molecule has 0 fully saturated rings. The smallest absolute Gasteiger partial charge is 0.186 e. The summed E-state index contributed by atoms with van der Waals surface area (Å²) >= 11 is 1.45. The number of hydrogen-bond donors (Lipinski definition) is 1. The van der Waals surface area contributed by atoms with Crippen molar-refractivity contribution in [2.24, 2.45) is 5.73 Å². The lowest BCUT2D eigenvalue weighted by atomic mass is 9.95. The number of aromatic nitrogens is 1. The van der Waals surface area contributed by atoms with E-state index in [1.807, 2.05) is 6.92 Å². The molecule has 1 atom stereocenters. The maximum atomic E-state index is 12.3. The van der Waals surface area contributed by atoms with Crippen LogP contribution in [-0.2, 0) is 6.42 Å². The molecular formula is C16H20N2OS. The topological polar surface area (TPSA) is 56.0 Å². The predicted molar refractivity (Wildman–Crippen MR) is 83.4 cm³/mol. The second kappa shape index (κ2) is 5.85. The molecule has 0 aliphatic rings. The quantitative estimate of drug-likeness (QED) is 0.876. The molecule has 0 saturated carbocycles. The second-order valence-corrected chi connectivity index (χ2v) is 6.23. The second-order valence-electron chi connectivity index (χ2n) is 5.34. The van der Waals surface area contributed by atoms with Crippen molar-refractivity contribution in [1.82, 2.24) is 4.98 Å². The molecule has 1 unspecified atom stereocenters. The fourth-order valence-electron chi connectivity index (χ4n) is 2.36. The summed E-state index contributed by atoms with van der Waals surface area (Å²) in [4.78, 5) is 16.7. The molecular weight excluding hydrogens is 268 g/mol. The van der Waals surface area contributed by atoms with E-state index in [2.05, 4.69) is 37.9 Å². The average Bonchev–Trinajstić information content (AvgIpc) is 2.83. The Labute approximate surface area is 123 Å². The zero-order chi connectivity index (χ0) is 14.9. The van der Waals surface area contributed by atoms with E-state index in [-0.39, 0.29) is 11.8 Å². The van der Waals surface area contributed by atoms with Gasteiger partial charge < -0.3 is 5.73 Å². The number of Topliss-reactive ketones (excluding diaryl/α,β-unsaturated/α-hetero) is 1. The third-order valence-corrected chi connectivity index (χ3v) is 4.42. The number of rotatable bonds is 4. The van der Waals surface area contributed by atoms with Crippen LogP contribution < -0.4 is 5.73 Å². The first-order valence-corrected chi connectivity index (χ1v) is 7.57. The van der Waals surface area contributed by atoms with E-state index in [0.29, 0.717) is 12.1 Å². The van der Waals surface area contributed by atoms with Crippen LogP contribution in [0, 0.1) is 20.8 Å².